The Labute approximate surface area is 208 Å². The van der Waals surface area contributed by atoms with Gasteiger partial charge >= 0.3 is 0 Å². The summed E-state index contributed by atoms with van der Waals surface area (Å²) in [6.07, 6.45) is 4.99. The summed E-state index contributed by atoms with van der Waals surface area (Å²) in [5.74, 6) is 1.71. The largest absolute Gasteiger partial charge is 0.497 e. The van der Waals surface area contributed by atoms with Crippen LogP contribution in [0.4, 0.5) is 0 Å². The van der Waals surface area contributed by atoms with Gasteiger partial charge in [0.25, 0.3) is 5.91 Å². The van der Waals surface area contributed by atoms with E-state index >= 15 is 0 Å². The number of nitrogens with one attached hydrogen (secondary N) is 1. The highest BCUT2D eigenvalue weighted by molar-refractivity contribution is 7.09. The first-order valence-corrected chi connectivity index (χ1v) is 12.7. The molecule has 1 aromatic carbocycles. The Morgan fingerprint density at radius 1 is 1.23 bits per heavy atom. The van der Waals surface area contributed by atoms with Gasteiger partial charge in [-0.05, 0) is 37.0 Å². The molecule has 10 heteroatoms. The van der Waals surface area contributed by atoms with Crippen molar-refractivity contribution in [1.29, 1.82) is 0 Å². The second-order valence-corrected chi connectivity index (χ2v) is 9.91. The number of rotatable bonds is 9. The van der Waals surface area contributed by atoms with Crippen molar-refractivity contribution >= 4 is 23.2 Å². The molecule has 3 aromatic rings. The van der Waals surface area contributed by atoms with Gasteiger partial charge in [-0.1, -0.05) is 0 Å². The van der Waals surface area contributed by atoms with Gasteiger partial charge in [-0.25, -0.2) is 4.98 Å². The number of carbonyl (C=O) groups excluding carboxylic acids is 2. The monoisotopic (exact) mass is 495 g/mol. The molecule has 184 valence electrons. The van der Waals surface area contributed by atoms with Crippen LogP contribution in [0.3, 0.4) is 0 Å². The molecule has 1 N–H and O–H groups in total. The van der Waals surface area contributed by atoms with E-state index in [-0.39, 0.29) is 18.2 Å². The van der Waals surface area contributed by atoms with Crippen LogP contribution in [0.25, 0.3) is 0 Å². The average Bonchev–Trinajstić information content (AvgIpc) is 3.40. The molecule has 9 nitrogen and oxygen atoms in total. The van der Waals surface area contributed by atoms with Crippen molar-refractivity contribution in [2.24, 2.45) is 5.92 Å². The van der Waals surface area contributed by atoms with Crippen molar-refractivity contribution < 1.29 is 19.1 Å². The van der Waals surface area contributed by atoms with E-state index in [2.05, 4.69) is 10.3 Å². The lowest BCUT2D eigenvalue weighted by Gasteiger charge is -2.28. The van der Waals surface area contributed by atoms with Crippen LogP contribution in [0.15, 0.2) is 29.8 Å². The highest BCUT2D eigenvalue weighted by Crippen LogP contribution is 2.33. The molecule has 3 heterocycles. The zero-order valence-corrected chi connectivity index (χ0v) is 20.8. The van der Waals surface area contributed by atoms with Crippen molar-refractivity contribution in [2.75, 3.05) is 20.8 Å². The molecule has 0 unspecified atom stereocenters. The number of benzene rings is 1. The van der Waals surface area contributed by atoms with Crippen LogP contribution in [-0.4, -0.2) is 52.2 Å². The Hall–Kier alpha value is -3.40. The fourth-order valence-electron chi connectivity index (χ4n) is 4.46. The molecule has 2 aliphatic rings. The standard InChI is InChI=1S/C25H29N5O4S/c1-33-18-5-6-21(34-2)17(11-18)12-23(31)29-9-7-20-19(15-29)24(28-30(20)14-16-3-4-16)25(32)27-13-22-26-8-10-35-22/h5-6,8,10-11,16H,3-4,7,9,12-15H2,1-2H3,(H,27,32). The van der Waals surface area contributed by atoms with Gasteiger partial charge in [0.05, 0.1) is 27.2 Å². The maximum absolute atomic E-state index is 13.3. The summed E-state index contributed by atoms with van der Waals surface area (Å²) in [7, 11) is 3.19. The molecule has 0 spiro atoms. The van der Waals surface area contributed by atoms with Crippen LogP contribution >= 0.6 is 11.3 Å². The van der Waals surface area contributed by atoms with Crippen LogP contribution in [0.5, 0.6) is 11.5 Å². The van der Waals surface area contributed by atoms with Crippen molar-refractivity contribution in [3.63, 3.8) is 0 Å². The minimum atomic E-state index is -0.227. The zero-order chi connectivity index (χ0) is 24.4. The molecular formula is C25H29N5O4S. The Balaban J connectivity index is 1.35. The first-order chi connectivity index (χ1) is 17.1. The molecule has 0 saturated heterocycles. The molecule has 0 bridgehead atoms. The van der Waals surface area contributed by atoms with Gasteiger partial charge in [0.2, 0.25) is 5.91 Å². The number of aromatic nitrogens is 3. The van der Waals surface area contributed by atoms with Crippen LogP contribution in [0.2, 0.25) is 0 Å². The van der Waals surface area contributed by atoms with Gasteiger partial charge in [0, 0.05) is 54.5 Å². The molecule has 1 aliphatic heterocycles. The summed E-state index contributed by atoms with van der Waals surface area (Å²) in [6, 6.07) is 5.45. The summed E-state index contributed by atoms with van der Waals surface area (Å²) >= 11 is 1.50. The van der Waals surface area contributed by atoms with Crippen LogP contribution in [0.1, 0.15) is 45.2 Å². The number of fused-ring (bicyclic) bond motifs is 1. The summed E-state index contributed by atoms with van der Waals surface area (Å²) in [5, 5.41) is 10.4. The maximum Gasteiger partial charge on any atom is 0.272 e. The smallest absolute Gasteiger partial charge is 0.272 e. The summed E-state index contributed by atoms with van der Waals surface area (Å²) in [5.41, 5.74) is 3.10. The third kappa shape index (κ3) is 5.17. The van der Waals surface area contributed by atoms with Gasteiger partial charge in [-0.2, -0.15) is 5.10 Å². The first kappa shape index (κ1) is 23.3. The van der Waals surface area contributed by atoms with E-state index in [1.165, 1.54) is 24.2 Å². The Morgan fingerprint density at radius 2 is 2.09 bits per heavy atom. The highest BCUT2D eigenvalue weighted by Gasteiger charge is 2.32. The number of nitrogens with zero attached hydrogens (tertiary/aromatic N) is 4. The van der Waals surface area contributed by atoms with Gasteiger partial charge < -0.3 is 19.7 Å². The lowest BCUT2D eigenvalue weighted by atomic mass is 10.0. The zero-order valence-electron chi connectivity index (χ0n) is 20.0. The third-order valence-electron chi connectivity index (χ3n) is 6.54. The predicted molar refractivity (Wildman–Crippen MR) is 131 cm³/mol. The molecule has 1 saturated carbocycles. The number of hydrogen-bond donors (Lipinski definition) is 1. The SMILES string of the molecule is COc1ccc(OC)c(CC(=O)N2CCc3c(c(C(=O)NCc4nccs4)nn3CC3CC3)C2)c1. The predicted octanol–water partition coefficient (Wildman–Crippen LogP) is 2.82. The lowest BCUT2D eigenvalue weighted by molar-refractivity contribution is -0.131. The normalized spacial score (nSPS) is 15.0. The van der Waals surface area contributed by atoms with Gasteiger partial charge in [0.15, 0.2) is 5.69 Å². The Kier molecular flexibility index (Phi) is 6.72. The van der Waals surface area contributed by atoms with E-state index in [4.69, 9.17) is 14.6 Å². The number of thiazole rings is 1. The minimum Gasteiger partial charge on any atom is -0.497 e. The lowest BCUT2D eigenvalue weighted by Crippen LogP contribution is -2.38. The van der Waals surface area contributed by atoms with E-state index in [9.17, 15) is 9.59 Å². The number of amides is 2. The number of ether oxygens (including phenoxy) is 2. The molecule has 2 amide bonds. The fourth-order valence-corrected chi connectivity index (χ4v) is 5.01. The molecule has 35 heavy (non-hydrogen) atoms. The van der Waals surface area contributed by atoms with E-state index in [0.29, 0.717) is 49.2 Å². The van der Waals surface area contributed by atoms with E-state index in [1.54, 1.807) is 20.4 Å². The van der Waals surface area contributed by atoms with Crippen LogP contribution in [-0.2, 0) is 37.3 Å². The van der Waals surface area contributed by atoms with Crippen molar-refractivity contribution in [3.05, 3.63) is 57.3 Å². The number of carbonyl (C=O) groups is 2. The molecule has 5 rings (SSSR count). The number of hydrogen-bond acceptors (Lipinski definition) is 7. The Bertz CT molecular complexity index is 1220. The van der Waals surface area contributed by atoms with Gasteiger partial charge in [-0.15, -0.1) is 11.3 Å². The summed E-state index contributed by atoms with van der Waals surface area (Å²) < 4.78 is 12.8. The first-order valence-electron chi connectivity index (χ1n) is 11.8. The number of methoxy groups -OCH3 is 2. The molecule has 1 fully saturated rings. The van der Waals surface area contributed by atoms with Crippen molar-refractivity contribution in [2.45, 2.75) is 45.3 Å². The molecule has 0 atom stereocenters. The summed E-state index contributed by atoms with van der Waals surface area (Å²) in [6.45, 7) is 2.15. The van der Waals surface area contributed by atoms with Crippen molar-refractivity contribution in [3.8, 4) is 11.5 Å². The van der Waals surface area contributed by atoms with Gasteiger partial charge in [0.1, 0.15) is 16.5 Å². The Morgan fingerprint density at radius 3 is 2.80 bits per heavy atom. The molecular weight excluding hydrogens is 466 g/mol. The highest BCUT2D eigenvalue weighted by atomic mass is 32.1. The second kappa shape index (κ2) is 10.1. The van der Waals surface area contributed by atoms with Crippen LogP contribution < -0.4 is 14.8 Å². The molecule has 2 aromatic heterocycles. The average molecular weight is 496 g/mol. The topological polar surface area (TPSA) is 98.6 Å². The fraction of sp³-hybridized carbons (Fsp3) is 0.440. The molecule has 0 radical (unpaired) electrons. The van der Waals surface area contributed by atoms with Crippen LogP contribution in [0, 0.1) is 5.92 Å². The minimum absolute atomic E-state index is 0.0220. The van der Waals surface area contributed by atoms with E-state index in [1.807, 2.05) is 33.2 Å². The second-order valence-electron chi connectivity index (χ2n) is 8.93. The maximum atomic E-state index is 13.3. The summed E-state index contributed by atoms with van der Waals surface area (Å²) in [4.78, 5) is 32.4. The molecule has 1 aliphatic carbocycles. The third-order valence-corrected chi connectivity index (χ3v) is 7.32. The van der Waals surface area contributed by atoms with Gasteiger partial charge in [-0.3, -0.25) is 14.3 Å². The van der Waals surface area contributed by atoms with Crippen molar-refractivity contribution in [1.82, 2.24) is 25.0 Å². The van der Waals surface area contributed by atoms with E-state index in [0.717, 1.165) is 28.4 Å². The van der Waals surface area contributed by atoms with E-state index < -0.39 is 0 Å². The quantitative estimate of drug-likeness (QED) is 0.490.